The summed E-state index contributed by atoms with van der Waals surface area (Å²) in [6.45, 7) is 0. The van der Waals surface area contributed by atoms with Gasteiger partial charge in [-0.05, 0) is 206 Å². The maximum Gasteiger partial charge on any atom is 0.0421 e. The first-order valence-corrected chi connectivity index (χ1v) is 24.4. The van der Waals surface area contributed by atoms with E-state index in [1.165, 1.54) is 129 Å². The molecule has 296 valence electrons. The summed E-state index contributed by atoms with van der Waals surface area (Å²) in [5.41, 5.74) is 11.7. The summed E-state index contributed by atoms with van der Waals surface area (Å²) in [5, 5.41) is 19.9. The molecular weight excluding hydrogens is 817 g/mol. The molecule has 0 unspecified atom stereocenters. The first-order valence-electron chi connectivity index (χ1n) is 21.6. The number of rotatable bonds is 6. The predicted octanol–water partition coefficient (Wildman–Crippen LogP) is 18.4. The van der Waals surface area contributed by atoms with Crippen LogP contribution in [-0.2, 0) is 0 Å². The number of allylic oxidation sites excluding steroid dienone is 1. The number of fused-ring (bicyclic) bond motifs is 6. The Labute approximate surface area is 378 Å². The van der Waals surface area contributed by atoms with Gasteiger partial charge in [0.25, 0.3) is 0 Å². The molecule has 13 rings (SSSR count). The Kier molecular flexibility index (Phi) is 8.75. The molecule has 12 aromatic rings. The minimum atomic E-state index is 1.05. The Morgan fingerprint density at radius 3 is 1.10 bits per heavy atom. The van der Waals surface area contributed by atoms with Crippen LogP contribution in [-0.4, -0.2) is 5.75 Å². The van der Waals surface area contributed by atoms with E-state index in [-0.39, 0.29) is 0 Å². The van der Waals surface area contributed by atoms with Crippen molar-refractivity contribution in [3.63, 3.8) is 0 Å². The van der Waals surface area contributed by atoms with E-state index in [0.717, 1.165) is 12.2 Å². The summed E-state index contributed by atoms with van der Waals surface area (Å²) in [6.07, 6.45) is 1.05. The second kappa shape index (κ2) is 15.0. The van der Waals surface area contributed by atoms with Crippen LogP contribution in [0.5, 0.6) is 0 Å². The number of thiophene rings is 2. The van der Waals surface area contributed by atoms with E-state index < -0.39 is 0 Å². The third-order valence-electron chi connectivity index (χ3n) is 13.0. The molecule has 0 fully saturated rings. The minimum Gasteiger partial charge on any atom is -0.143 e. The van der Waals surface area contributed by atoms with E-state index in [1.807, 2.05) is 34.4 Å². The van der Waals surface area contributed by atoms with Gasteiger partial charge >= 0.3 is 0 Å². The summed E-state index contributed by atoms with van der Waals surface area (Å²) in [6, 6.07) is 73.2. The van der Waals surface area contributed by atoms with E-state index in [0.29, 0.717) is 0 Å². The van der Waals surface area contributed by atoms with E-state index >= 15 is 0 Å². The number of thioether (sulfide) groups is 1. The fourth-order valence-electron chi connectivity index (χ4n) is 9.87. The zero-order chi connectivity index (χ0) is 41.4. The van der Waals surface area contributed by atoms with Crippen LogP contribution < -0.4 is 0 Å². The largest absolute Gasteiger partial charge is 0.143 e. The van der Waals surface area contributed by atoms with Gasteiger partial charge in [0.1, 0.15) is 0 Å². The van der Waals surface area contributed by atoms with Crippen LogP contribution in [0.15, 0.2) is 205 Å². The van der Waals surface area contributed by atoms with Gasteiger partial charge in [-0.2, -0.15) is 0 Å². The third kappa shape index (κ3) is 6.50. The first kappa shape index (κ1) is 36.9. The molecular formula is C60H38S3. The van der Waals surface area contributed by atoms with Gasteiger partial charge in [-0.15, -0.1) is 34.4 Å². The highest BCUT2D eigenvalue weighted by molar-refractivity contribution is 8.08. The maximum absolute atomic E-state index is 2.48. The van der Waals surface area contributed by atoms with Crippen molar-refractivity contribution >= 4 is 110 Å². The highest BCUT2D eigenvalue weighted by Crippen LogP contribution is 2.49. The monoisotopic (exact) mass is 854 g/mol. The first-order chi connectivity index (χ1) is 31.1. The van der Waals surface area contributed by atoms with Crippen LogP contribution in [0, 0.1) is 0 Å². The summed E-state index contributed by atoms with van der Waals surface area (Å²) in [4.78, 5) is 4.00. The quantitative estimate of drug-likeness (QED) is 0.150. The lowest BCUT2D eigenvalue weighted by Crippen LogP contribution is -1.90. The molecule has 0 radical (unpaired) electrons. The normalized spacial score (nSPS) is 13.1. The molecule has 1 aliphatic heterocycles. The van der Waals surface area contributed by atoms with Gasteiger partial charge in [-0.3, -0.25) is 0 Å². The van der Waals surface area contributed by atoms with Gasteiger partial charge in [-0.1, -0.05) is 109 Å². The molecule has 3 heteroatoms. The van der Waals surface area contributed by atoms with Crippen LogP contribution in [0.3, 0.4) is 0 Å². The van der Waals surface area contributed by atoms with Crippen molar-refractivity contribution in [2.24, 2.45) is 0 Å². The van der Waals surface area contributed by atoms with Crippen LogP contribution in [0.4, 0.5) is 0 Å². The van der Waals surface area contributed by atoms with Gasteiger partial charge in [-0.25, -0.2) is 0 Å². The smallest absolute Gasteiger partial charge is 0.0421 e. The van der Waals surface area contributed by atoms with E-state index in [1.54, 1.807) is 0 Å². The molecule has 2 aromatic heterocycles. The van der Waals surface area contributed by atoms with Gasteiger partial charge in [0.05, 0.1) is 0 Å². The summed E-state index contributed by atoms with van der Waals surface area (Å²) in [7, 11) is 0. The molecule has 0 aliphatic carbocycles. The lowest BCUT2D eigenvalue weighted by Gasteiger charge is -2.15. The molecule has 0 atom stereocenters. The molecule has 0 nitrogen and oxygen atoms in total. The SMILES string of the molecule is c1ccc2cc3cc(C4=C(c5cc(-c6sccc6-c6ccc7cc8ccccc8cc7c6)cc(-c6sccc6-c6ccc7cc8ccccc8cc7c6)c5)SCC4)ccc3cc2c1. The van der Waals surface area contributed by atoms with E-state index in [2.05, 4.69) is 205 Å². The van der Waals surface area contributed by atoms with E-state index in [4.69, 9.17) is 0 Å². The molecule has 0 saturated heterocycles. The number of hydrogen-bond acceptors (Lipinski definition) is 3. The Balaban J connectivity index is 0.978. The number of hydrogen-bond donors (Lipinski definition) is 0. The summed E-state index contributed by atoms with van der Waals surface area (Å²) < 4.78 is 0. The van der Waals surface area contributed by atoms with Crippen LogP contribution >= 0.6 is 34.4 Å². The average molecular weight is 855 g/mol. The van der Waals surface area contributed by atoms with Crippen molar-refractivity contribution < 1.29 is 0 Å². The molecule has 10 aromatic carbocycles. The Bertz CT molecular complexity index is 3660. The van der Waals surface area contributed by atoms with Gasteiger partial charge in [0.2, 0.25) is 0 Å². The molecule has 0 bridgehead atoms. The zero-order valence-electron chi connectivity index (χ0n) is 34.3. The van der Waals surface area contributed by atoms with Gasteiger partial charge in [0.15, 0.2) is 0 Å². The Hall–Kier alpha value is -6.75. The Morgan fingerprint density at radius 2 is 0.651 bits per heavy atom. The molecule has 0 saturated carbocycles. The van der Waals surface area contributed by atoms with Crippen molar-refractivity contribution in [1.29, 1.82) is 0 Å². The van der Waals surface area contributed by atoms with Crippen molar-refractivity contribution in [3.05, 3.63) is 216 Å². The fraction of sp³-hybridized carbons (Fsp3) is 0.0333. The lowest BCUT2D eigenvalue weighted by molar-refractivity contribution is 1.29. The molecule has 0 spiro atoms. The lowest BCUT2D eigenvalue weighted by atomic mass is 9.92. The fourth-order valence-corrected chi connectivity index (χ4v) is 12.9. The summed E-state index contributed by atoms with van der Waals surface area (Å²) >= 11 is 5.70. The van der Waals surface area contributed by atoms with Crippen LogP contribution in [0.1, 0.15) is 17.5 Å². The summed E-state index contributed by atoms with van der Waals surface area (Å²) in [5.74, 6) is 1.08. The molecule has 0 amide bonds. The predicted molar refractivity (Wildman–Crippen MR) is 279 cm³/mol. The van der Waals surface area contributed by atoms with Crippen LogP contribution in [0.2, 0.25) is 0 Å². The highest BCUT2D eigenvalue weighted by atomic mass is 32.2. The third-order valence-corrected chi connectivity index (χ3v) is 16.1. The van der Waals surface area contributed by atoms with Crippen molar-refractivity contribution in [3.8, 4) is 43.1 Å². The van der Waals surface area contributed by atoms with Gasteiger partial charge in [0, 0.05) is 31.5 Å². The average Bonchev–Trinajstić information content (AvgIpc) is 4.14. The van der Waals surface area contributed by atoms with Crippen molar-refractivity contribution in [1.82, 2.24) is 0 Å². The minimum absolute atomic E-state index is 1.05. The highest BCUT2D eigenvalue weighted by Gasteiger charge is 2.23. The topological polar surface area (TPSA) is 0 Å². The molecule has 3 heterocycles. The van der Waals surface area contributed by atoms with Crippen LogP contribution in [0.25, 0.3) is 118 Å². The molecule has 0 N–H and O–H groups in total. The van der Waals surface area contributed by atoms with E-state index in [9.17, 15) is 0 Å². The second-order valence-electron chi connectivity index (χ2n) is 16.8. The Morgan fingerprint density at radius 1 is 0.286 bits per heavy atom. The van der Waals surface area contributed by atoms with Crippen molar-refractivity contribution in [2.45, 2.75) is 6.42 Å². The number of benzene rings is 10. The van der Waals surface area contributed by atoms with Gasteiger partial charge < -0.3 is 0 Å². The standard InChI is InChI=1S/C60H38S3/c1-4-10-40-28-49-31-46(16-13-43(49)25-37(40)7-1)55-19-22-61-58(55)52-34-53(59-56(20-23-62-59)47-17-14-44-26-38-8-2-5-11-41(38)29-50(44)32-47)36-54(35-52)60-57(21-24-63-60)48-18-15-45-27-39-9-3-6-12-42(39)30-51(45)33-48/h1-20,22-23,25-36H,21,24H2. The second-order valence-corrected chi connectivity index (χ2v) is 19.8. The maximum atomic E-state index is 2.48. The molecule has 1 aliphatic rings. The zero-order valence-corrected chi connectivity index (χ0v) is 36.7. The molecule has 63 heavy (non-hydrogen) atoms. The van der Waals surface area contributed by atoms with Crippen molar-refractivity contribution in [2.75, 3.05) is 5.75 Å².